The fourth-order valence-corrected chi connectivity index (χ4v) is 3.26. The molecular weight excluding hydrogens is 284 g/mol. The predicted molar refractivity (Wildman–Crippen MR) is 88.0 cm³/mol. The summed E-state index contributed by atoms with van der Waals surface area (Å²) in [5.41, 5.74) is 1.77. The molecule has 0 saturated heterocycles. The molecule has 120 valence electrons. The molecule has 0 unspecified atom stereocenters. The Morgan fingerprint density at radius 3 is 1.95 bits per heavy atom. The molecule has 1 aromatic carbocycles. The first kappa shape index (κ1) is 18.2. The number of aryl methyl sites for hydroxylation is 1. The van der Waals surface area contributed by atoms with Crippen LogP contribution in [0.25, 0.3) is 0 Å². The minimum atomic E-state index is -3.95. The van der Waals surface area contributed by atoms with Crippen LogP contribution in [0.1, 0.15) is 69.4 Å². The summed E-state index contributed by atoms with van der Waals surface area (Å²) in [7, 11) is -3.95. The van der Waals surface area contributed by atoms with E-state index in [1.54, 1.807) is 6.07 Å². The minimum absolute atomic E-state index is 0.278. The first-order chi connectivity index (χ1) is 10.0. The molecule has 0 aliphatic carbocycles. The normalized spacial score (nSPS) is 11.7. The first-order valence-corrected chi connectivity index (χ1v) is 9.66. The van der Waals surface area contributed by atoms with Gasteiger partial charge in [-0.3, -0.25) is 4.55 Å². The smallest absolute Gasteiger partial charge is 0.269 e. The second kappa shape index (κ2) is 9.96. The summed E-state index contributed by atoms with van der Waals surface area (Å²) >= 11 is 0. The molecule has 1 aromatic rings. The van der Waals surface area contributed by atoms with Crippen molar-refractivity contribution in [2.75, 3.05) is 0 Å². The van der Waals surface area contributed by atoms with Crippen molar-refractivity contribution in [2.24, 2.45) is 0 Å². The Bertz CT molecular complexity index is 495. The molecule has 4 heteroatoms. The lowest BCUT2D eigenvalue weighted by atomic mass is 10.0. The zero-order chi connectivity index (χ0) is 15.6. The molecular formula is C17H28O3S. The van der Waals surface area contributed by atoms with E-state index in [1.807, 2.05) is 18.2 Å². The van der Waals surface area contributed by atoms with Crippen molar-refractivity contribution in [3.63, 3.8) is 0 Å². The van der Waals surface area contributed by atoms with Gasteiger partial charge in [0.15, 0.2) is 0 Å². The Labute approximate surface area is 129 Å². The Morgan fingerprint density at radius 1 is 0.857 bits per heavy atom. The van der Waals surface area contributed by atoms with E-state index in [9.17, 15) is 8.42 Å². The van der Waals surface area contributed by atoms with E-state index >= 15 is 0 Å². The van der Waals surface area contributed by atoms with Gasteiger partial charge in [0.25, 0.3) is 10.1 Å². The topological polar surface area (TPSA) is 54.4 Å². The van der Waals surface area contributed by atoms with Gasteiger partial charge in [0.05, 0.1) is 0 Å². The van der Waals surface area contributed by atoms with Crippen LogP contribution in [0.5, 0.6) is 0 Å². The number of rotatable bonds is 11. The lowest BCUT2D eigenvalue weighted by molar-refractivity contribution is 0.482. The van der Waals surface area contributed by atoms with E-state index in [2.05, 4.69) is 6.92 Å². The molecule has 21 heavy (non-hydrogen) atoms. The minimum Gasteiger partial charge on any atom is -0.285 e. The molecule has 3 nitrogen and oxygen atoms in total. The van der Waals surface area contributed by atoms with Crippen LogP contribution in [0.2, 0.25) is 0 Å². The summed E-state index contributed by atoms with van der Waals surface area (Å²) < 4.78 is 31.0. The van der Waals surface area contributed by atoms with Crippen LogP contribution in [0.15, 0.2) is 24.3 Å². The lowest BCUT2D eigenvalue weighted by Crippen LogP contribution is -2.04. The molecule has 0 spiro atoms. The van der Waals surface area contributed by atoms with E-state index in [1.165, 1.54) is 44.9 Å². The molecule has 0 saturated carbocycles. The summed E-state index contributed by atoms with van der Waals surface area (Å²) in [5, 5.41) is 0. The molecule has 0 atom stereocenters. The van der Waals surface area contributed by atoms with Gasteiger partial charge in [0.1, 0.15) is 5.75 Å². The first-order valence-electron chi connectivity index (χ1n) is 8.05. The Morgan fingerprint density at radius 2 is 1.38 bits per heavy atom. The summed E-state index contributed by atoms with van der Waals surface area (Å²) in [6, 6.07) is 7.49. The highest BCUT2D eigenvalue weighted by molar-refractivity contribution is 7.85. The number of benzene rings is 1. The van der Waals surface area contributed by atoms with Crippen LogP contribution in [0.3, 0.4) is 0 Å². The molecule has 0 amide bonds. The third-order valence-corrected chi connectivity index (χ3v) is 4.43. The SMILES string of the molecule is CCCCCCCCCCc1ccccc1CS(=O)(=O)O. The zero-order valence-electron chi connectivity index (χ0n) is 13.1. The average molecular weight is 312 g/mol. The highest BCUT2D eigenvalue weighted by Gasteiger charge is 2.10. The fraction of sp³-hybridized carbons (Fsp3) is 0.647. The van der Waals surface area contributed by atoms with Crippen molar-refractivity contribution in [2.45, 2.75) is 70.5 Å². The maximum atomic E-state index is 11.0. The van der Waals surface area contributed by atoms with Crippen LogP contribution in [-0.4, -0.2) is 13.0 Å². The molecule has 0 bridgehead atoms. The molecule has 0 heterocycles. The average Bonchev–Trinajstić information content (AvgIpc) is 2.42. The number of unbranched alkanes of at least 4 members (excludes halogenated alkanes) is 7. The summed E-state index contributed by atoms with van der Waals surface area (Å²) in [6.07, 6.45) is 11.0. The van der Waals surface area contributed by atoms with Crippen LogP contribution in [-0.2, 0) is 22.3 Å². The highest BCUT2D eigenvalue weighted by atomic mass is 32.2. The van der Waals surface area contributed by atoms with Crippen LogP contribution >= 0.6 is 0 Å². The second-order valence-electron chi connectivity index (χ2n) is 5.72. The van der Waals surface area contributed by atoms with Crippen LogP contribution in [0, 0.1) is 0 Å². The maximum Gasteiger partial charge on any atom is 0.269 e. The van der Waals surface area contributed by atoms with E-state index < -0.39 is 10.1 Å². The Hall–Kier alpha value is -0.870. The zero-order valence-corrected chi connectivity index (χ0v) is 13.9. The molecule has 1 rings (SSSR count). The van der Waals surface area contributed by atoms with Crippen molar-refractivity contribution in [3.8, 4) is 0 Å². The largest absolute Gasteiger partial charge is 0.285 e. The van der Waals surface area contributed by atoms with Gasteiger partial charge < -0.3 is 0 Å². The molecule has 0 fully saturated rings. The number of hydrogen-bond acceptors (Lipinski definition) is 2. The van der Waals surface area contributed by atoms with E-state index in [0.29, 0.717) is 0 Å². The third-order valence-electron chi connectivity index (χ3n) is 3.76. The fourth-order valence-electron chi connectivity index (χ4n) is 2.59. The summed E-state index contributed by atoms with van der Waals surface area (Å²) in [4.78, 5) is 0. The standard InChI is InChI=1S/C17H28O3S/c1-2-3-4-5-6-7-8-9-12-16-13-10-11-14-17(16)15-21(18,19)20/h10-11,13-14H,2-9,12,15H2,1H3,(H,18,19,20). The monoisotopic (exact) mass is 312 g/mol. The third kappa shape index (κ3) is 8.89. The van der Waals surface area contributed by atoms with E-state index in [0.717, 1.165) is 24.0 Å². The number of hydrogen-bond donors (Lipinski definition) is 1. The Kier molecular flexibility index (Phi) is 8.62. The van der Waals surface area contributed by atoms with Gasteiger partial charge in [-0.1, -0.05) is 76.1 Å². The molecule has 0 aliphatic rings. The highest BCUT2D eigenvalue weighted by Crippen LogP contribution is 2.16. The van der Waals surface area contributed by atoms with Crippen molar-refractivity contribution < 1.29 is 13.0 Å². The van der Waals surface area contributed by atoms with Crippen molar-refractivity contribution >= 4 is 10.1 Å². The molecule has 1 N–H and O–H groups in total. The Balaban J connectivity index is 2.29. The van der Waals surface area contributed by atoms with E-state index in [-0.39, 0.29) is 5.75 Å². The van der Waals surface area contributed by atoms with Gasteiger partial charge in [-0.2, -0.15) is 8.42 Å². The lowest BCUT2D eigenvalue weighted by Gasteiger charge is -2.08. The summed E-state index contributed by atoms with van der Waals surface area (Å²) in [6.45, 7) is 2.23. The van der Waals surface area contributed by atoms with E-state index in [4.69, 9.17) is 4.55 Å². The quantitative estimate of drug-likeness (QED) is 0.473. The van der Waals surface area contributed by atoms with Crippen molar-refractivity contribution in [3.05, 3.63) is 35.4 Å². The van der Waals surface area contributed by atoms with Crippen molar-refractivity contribution in [1.82, 2.24) is 0 Å². The van der Waals surface area contributed by atoms with Crippen molar-refractivity contribution in [1.29, 1.82) is 0 Å². The molecule has 0 aromatic heterocycles. The maximum absolute atomic E-state index is 11.0. The predicted octanol–water partition coefficient (Wildman–Crippen LogP) is 4.76. The van der Waals surface area contributed by atoms with Crippen LogP contribution in [0.4, 0.5) is 0 Å². The second-order valence-corrected chi connectivity index (χ2v) is 7.17. The van der Waals surface area contributed by atoms with Gasteiger partial charge in [-0.15, -0.1) is 0 Å². The van der Waals surface area contributed by atoms with Gasteiger partial charge in [0.2, 0.25) is 0 Å². The van der Waals surface area contributed by atoms with Gasteiger partial charge in [0, 0.05) is 0 Å². The van der Waals surface area contributed by atoms with Crippen LogP contribution < -0.4 is 0 Å². The van der Waals surface area contributed by atoms with Gasteiger partial charge in [-0.05, 0) is 24.0 Å². The molecule has 0 aliphatic heterocycles. The molecule has 0 radical (unpaired) electrons. The van der Waals surface area contributed by atoms with Gasteiger partial charge >= 0.3 is 0 Å². The van der Waals surface area contributed by atoms with Gasteiger partial charge in [-0.25, -0.2) is 0 Å². The summed E-state index contributed by atoms with van der Waals surface area (Å²) in [5.74, 6) is -0.278.